The molecule has 0 aliphatic carbocycles. The van der Waals surface area contributed by atoms with Gasteiger partial charge in [0.2, 0.25) is 0 Å². The second-order valence-corrected chi connectivity index (χ2v) is 6.04. The van der Waals surface area contributed by atoms with Crippen LogP contribution in [-0.4, -0.2) is 22.8 Å². The summed E-state index contributed by atoms with van der Waals surface area (Å²) in [5.41, 5.74) is 1.13. The van der Waals surface area contributed by atoms with E-state index in [9.17, 15) is 9.90 Å². The van der Waals surface area contributed by atoms with E-state index in [-0.39, 0.29) is 17.7 Å². The first-order valence-corrected chi connectivity index (χ1v) is 7.84. The Morgan fingerprint density at radius 2 is 1.90 bits per heavy atom. The molecule has 0 unspecified atom stereocenters. The third-order valence-electron chi connectivity index (χ3n) is 3.17. The van der Waals surface area contributed by atoms with E-state index in [2.05, 4.69) is 17.4 Å². The number of carbonyl (C=O) groups excluding carboxylic acids is 1. The van der Waals surface area contributed by atoms with Gasteiger partial charge in [0, 0.05) is 27.8 Å². The van der Waals surface area contributed by atoms with Crippen molar-refractivity contribution in [1.29, 1.82) is 0 Å². The van der Waals surface area contributed by atoms with Crippen molar-refractivity contribution < 1.29 is 9.90 Å². The van der Waals surface area contributed by atoms with Crippen molar-refractivity contribution in [3.63, 3.8) is 0 Å². The summed E-state index contributed by atoms with van der Waals surface area (Å²) in [7, 11) is 0. The summed E-state index contributed by atoms with van der Waals surface area (Å²) in [4.78, 5) is 13.4. The van der Waals surface area contributed by atoms with Gasteiger partial charge in [-0.2, -0.15) is 0 Å². The zero-order valence-corrected chi connectivity index (χ0v) is 13.0. The number of hydrogen-bond donors (Lipinski definition) is 2. The molecule has 2 rings (SSSR count). The Morgan fingerprint density at radius 1 is 1.19 bits per heavy atom. The van der Waals surface area contributed by atoms with Crippen molar-refractivity contribution in [2.75, 3.05) is 5.75 Å². The van der Waals surface area contributed by atoms with Gasteiger partial charge < -0.3 is 10.4 Å². The van der Waals surface area contributed by atoms with Gasteiger partial charge in [-0.25, -0.2) is 0 Å². The molecular formula is C17H19NO2S. The summed E-state index contributed by atoms with van der Waals surface area (Å²) in [5, 5.41) is 12.6. The molecule has 3 nitrogen and oxygen atoms in total. The van der Waals surface area contributed by atoms with Gasteiger partial charge in [-0.3, -0.25) is 4.79 Å². The first kappa shape index (κ1) is 15.4. The lowest BCUT2D eigenvalue weighted by Gasteiger charge is -2.15. The summed E-state index contributed by atoms with van der Waals surface area (Å²) < 4.78 is 0. The molecule has 1 amide bonds. The van der Waals surface area contributed by atoms with Crippen LogP contribution in [0.25, 0.3) is 0 Å². The summed E-state index contributed by atoms with van der Waals surface area (Å²) in [6, 6.07) is 15.1. The fourth-order valence-electron chi connectivity index (χ4n) is 1.95. The molecule has 0 aliphatic heterocycles. The minimum atomic E-state index is -0.149. The number of phenols is 1. The lowest BCUT2D eigenvalue weighted by Crippen LogP contribution is -2.34. The van der Waals surface area contributed by atoms with Crippen LogP contribution in [0.5, 0.6) is 5.75 Å². The van der Waals surface area contributed by atoms with Gasteiger partial charge in [0.15, 0.2) is 0 Å². The molecule has 21 heavy (non-hydrogen) atoms. The Morgan fingerprint density at radius 3 is 2.62 bits per heavy atom. The largest absolute Gasteiger partial charge is 0.508 e. The average molecular weight is 301 g/mol. The van der Waals surface area contributed by atoms with Crippen LogP contribution >= 0.6 is 11.8 Å². The van der Waals surface area contributed by atoms with Crippen molar-refractivity contribution >= 4 is 17.7 Å². The number of hydrogen-bond acceptors (Lipinski definition) is 3. The van der Waals surface area contributed by atoms with Crippen molar-refractivity contribution in [2.24, 2.45) is 0 Å². The van der Waals surface area contributed by atoms with Gasteiger partial charge in [0.25, 0.3) is 5.91 Å². The maximum Gasteiger partial charge on any atom is 0.251 e. The van der Waals surface area contributed by atoms with E-state index in [1.165, 1.54) is 4.90 Å². The third-order valence-corrected chi connectivity index (χ3v) is 4.44. The molecule has 0 radical (unpaired) electrons. The molecule has 0 bridgehead atoms. The van der Waals surface area contributed by atoms with E-state index >= 15 is 0 Å². The van der Waals surface area contributed by atoms with E-state index in [0.717, 1.165) is 5.75 Å². The van der Waals surface area contributed by atoms with Crippen LogP contribution in [0.2, 0.25) is 0 Å². The van der Waals surface area contributed by atoms with Gasteiger partial charge in [-0.1, -0.05) is 24.3 Å². The zero-order chi connectivity index (χ0) is 15.2. The molecule has 110 valence electrons. The lowest BCUT2D eigenvalue weighted by atomic mass is 10.1. The Kier molecular flexibility index (Phi) is 5.28. The van der Waals surface area contributed by atoms with Gasteiger partial charge >= 0.3 is 0 Å². The topological polar surface area (TPSA) is 49.3 Å². The standard InChI is InChI=1S/C17H19NO2S/c1-12(11-21-14-7-4-3-5-8-14)18-17(20)15-9-6-10-16(19)13(15)2/h3-10,12,19H,11H2,1-2H3,(H,18,20)/t12-/m1/s1. The molecule has 2 aromatic carbocycles. The quantitative estimate of drug-likeness (QED) is 0.829. The Balaban J connectivity index is 1.92. The van der Waals surface area contributed by atoms with Crippen LogP contribution in [0.3, 0.4) is 0 Å². The highest BCUT2D eigenvalue weighted by Crippen LogP contribution is 2.20. The van der Waals surface area contributed by atoms with Crippen molar-refractivity contribution in [1.82, 2.24) is 5.32 Å². The summed E-state index contributed by atoms with van der Waals surface area (Å²) in [6.45, 7) is 3.72. The van der Waals surface area contributed by atoms with Gasteiger partial charge in [0.1, 0.15) is 5.75 Å². The molecule has 0 saturated carbocycles. The predicted molar refractivity (Wildman–Crippen MR) is 86.9 cm³/mol. The van der Waals surface area contributed by atoms with Crippen LogP contribution in [-0.2, 0) is 0 Å². The normalized spacial score (nSPS) is 11.9. The number of carbonyl (C=O) groups is 1. The van der Waals surface area contributed by atoms with E-state index in [4.69, 9.17) is 0 Å². The molecule has 0 heterocycles. The minimum Gasteiger partial charge on any atom is -0.508 e. The van der Waals surface area contributed by atoms with E-state index < -0.39 is 0 Å². The number of nitrogens with one attached hydrogen (secondary N) is 1. The van der Waals surface area contributed by atoms with Crippen molar-refractivity contribution in [3.8, 4) is 5.75 Å². The summed E-state index contributed by atoms with van der Waals surface area (Å²) in [6.07, 6.45) is 0. The fraction of sp³-hybridized carbons (Fsp3) is 0.235. The minimum absolute atomic E-state index is 0.0458. The number of rotatable bonds is 5. The van der Waals surface area contributed by atoms with Crippen LogP contribution < -0.4 is 5.32 Å². The zero-order valence-electron chi connectivity index (χ0n) is 12.2. The highest BCUT2D eigenvalue weighted by molar-refractivity contribution is 7.99. The summed E-state index contributed by atoms with van der Waals surface area (Å²) in [5.74, 6) is 0.798. The number of phenolic OH excluding ortho intramolecular Hbond substituents is 1. The first-order chi connectivity index (χ1) is 10.1. The molecule has 2 N–H and O–H groups in total. The molecule has 0 saturated heterocycles. The van der Waals surface area contributed by atoms with Crippen LogP contribution in [0, 0.1) is 6.92 Å². The molecule has 2 aromatic rings. The molecule has 0 aliphatic rings. The van der Waals surface area contributed by atoms with E-state index in [0.29, 0.717) is 11.1 Å². The number of amides is 1. The molecule has 0 aromatic heterocycles. The van der Waals surface area contributed by atoms with Gasteiger partial charge in [0.05, 0.1) is 0 Å². The second kappa shape index (κ2) is 7.18. The highest BCUT2D eigenvalue weighted by atomic mass is 32.2. The van der Waals surface area contributed by atoms with Crippen LogP contribution in [0.1, 0.15) is 22.8 Å². The maximum absolute atomic E-state index is 12.2. The van der Waals surface area contributed by atoms with Crippen molar-refractivity contribution in [3.05, 3.63) is 59.7 Å². The number of aromatic hydroxyl groups is 1. The molecule has 0 spiro atoms. The monoisotopic (exact) mass is 301 g/mol. The molecule has 4 heteroatoms. The van der Waals surface area contributed by atoms with Crippen molar-refractivity contribution in [2.45, 2.75) is 24.8 Å². The summed E-state index contributed by atoms with van der Waals surface area (Å²) >= 11 is 1.71. The smallest absolute Gasteiger partial charge is 0.251 e. The number of thioether (sulfide) groups is 1. The molecule has 1 atom stereocenters. The van der Waals surface area contributed by atoms with E-state index in [1.54, 1.807) is 36.9 Å². The Labute approximate surface area is 129 Å². The maximum atomic E-state index is 12.2. The SMILES string of the molecule is Cc1c(O)cccc1C(=O)N[C@H](C)CSc1ccccc1. The molecule has 0 fully saturated rings. The highest BCUT2D eigenvalue weighted by Gasteiger charge is 2.13. The van der Waals surface area contributed by atoms with Crippen LogP contribution in [0.4, 0.5) is 0 Å². The van der Waals surface area contributed by atoms with Crippen LogP contribution in [0.15, 0.2) is 53.4 Å². The Bertz CT molecular complexity index is 613. The third kappa shape index (κ3) is 4.26. The number of benzene rings is 2. The fourth-order valence-corrected chi connectivity index (χ4v) is 2.83. The Hall–Kier alpha value is -1.94. The van der Waals surface area contributed by atoms with E-state index in [1.807, 2.05) is 25.1 Å². The average Bonchev–Trinajstić information content (AvgIpc) is 2.49. The van der Waals surface area contributed by atoms with Gasteiger partial charge in [-0.05, 0) is 38.1 Å². The second-order valence-electron chi connectivity index (χ2n) is 4.95. The lowest BCUT2D eigenvalue weighted by molar-refractivity contribution is 0.0942. The molecular weight excluding hydrogens is 282 g/mol. The van der Waals surface area contributed by atoms with Gasteiger partial charge in [-0.15, -0.1) is 11.8 Å². The predicted octanol–water partition coefficient (Wildman–Crippen LogP) is 3.61. The first-order valence-electron chi connectivity index (χ1n) is 6.85.